The summed E-state index contributed by atoms with van der Waals surface area (Å²) in [6.07, 6.45) is -0.877. The number of amides is 1. The van der Waals surface area contributed by atoms with E-state index in [-0.39, 0.29) is 0 Å². The number of rotatable bonds is 6. The molecule has 8 nitrogen and oxygen atoms in total. The van der Waals surface area contributed by atoms with Gasteiger partial charge in [0.25, 0.3) is 0 Å². The molecule has 19 heavy (non-hydrogen) atoms. The SMILES string of the molecule is C=CC(=O)CC(NC(=O)OC)(C(=O)OC)C(=O)OC. The van der Waals surface area contributed by atoms with Gasteiger partial charge in [-0.2, -0.15) is 0 Å². The summed E-state index contributed by atoms with van der Waals surface area (Å²) in [5.41, 5.74) is -2.30. The Bertz CT molecular complexity index is 386. The zero-order chi connectivity index (χ0) is 15.1. The largest absolute Gasteiger partial charge is 0.467 e. The molecule has 0 fully saturated rings. The number of hydrogen-bond donors (Lipinski definition) is 1. The lowest BCUT2D eigenvalue weighted by molar-refractivity contribution is -0.164. The van der Waals surface area contributed by atoms with Gasteiger partial charge in [0.1, 0.15) is 0 Å². The summed E-state index contributed by atoms with van der Waals surface area (Å²) in [5.74, 6) is -2.97. The van der Waals surface area contributed by atoms with Crippen LogP contribution < -0.4 is 5.32 Å². The molecule has 0 aromatic heterocycles. The Kier molecular flexibility index (Phi) is 6.25. The fourth-order valence-corrected chi connectivity index (χ4v) is 1.28. The number of carbonyl (C=O) groups excluding carboxylic acids is 4. The molecule has 0 rings (SSSR count). The predicted octanol–water partition coefficient (Wildman–Crippen LogP) is -0.428. The predicted molar refractivity (Wildman–Crippen MR) is 62.1 cm³/mol. The van der Waals surface area contributed by atoms with Crippen LogP contribution in [0.3, 0.4) is 0 Å². The molecule has 0 bridgehead atoms. The number of carbonyl (C=O) groups is 4. The first-order valence-corrected chi connectivity index (χ1v) is 5.06. The minimum Gasteiger partial charge on any atom is -0.467 e. The van der Waals surface area contributed by atoms with Crippen molar-refractivity contribution in [1.82, 2.24) is 5.32 Å². The number of ether oxygens (including phenoxy) is 3. The fraction of sp³-hybridized carbons (Fsp3) is 0.455. The van der Waals surface area contributed by atoms with E-state index in [4.69, 9.17) is 0 Å². The van der Waals surface area contributed by atoms with Gasteiger partial charge in [-0.05, 0) is 6.08 Å². The van der Waals surface area contributed by atoms with Crippen molar-refractivity contribution in [2.24, 2.45) is 0 Å². The Labute approximate surface area is 109 Å². The van der Waals surface area contributed by atoms with Gasteiger partial charge in [-0.25, -0.2) is 14.4 Å². The average Bonchev–Trinajstić information content (AvgIpc) is 2.43. The fourth-order valence-electron chi connectivity index (χ4n) is 1.28. The van der Waals surface area contributed by atoms with E-state index in [1.54, 1.807) is 0 Å². The summed E-state index contributed by atoms with van der Waals surface area (Å²) in [6.45, 7) is 3.22. The van der Waals surface area contributed by atoms with Gasteiger partial charge in [0.2, 0.25) is 5.54 Å². The third-order valence-corrected chi connectivity index (χ3v) is 2.24. The summed E-state index contributed by atoms with van der Waals surface area (Å²) in [4.78, 5) is 46.2. The molecule has 0 aliphatic rings. The van der Waals surface area contributed by atoms with E-state index in [0.717, 1.165) is 27.4 Å². The van der Waals surface area contributed by atoms with Crippen LogP contribution in [-0.4, -0.2) is 50.7 Å². The Morgan fingerprint density at radius 2 is 1.53 bits per heavy atom. The summed E-state index contributed by atoms with van der Waals surface area (Å²) in [7, 11) is 3.03. The van der Waals surface area contributed by atoms with Crippen molar-refractivity contribution in [2.45, 2.75) is 12.0 Å². The molecular formula is C11H15NO7. The number of hydrogen-bond acceptors (Lipinski definition) is 7. The van der Waals surface area contributed by atoms with Crippen molar-refractivity contribution in [3.8, 4) is 0 Å². The number of allylic oxidation sites excluding steroid dienone is 1. The van der Waals surface area contributed by atoms with Crippen LogP contribution in [0.15, 0.2) is 12.7 Å². The van der Waals surface area contributed by atoms with Crippen LogP contribution >= 0.6 is 0 Å². The number of methoxy groups -OCH3 is 3. The molecule has 0 atom stereocenters. The third kappa shape index (κ3) is 3.80. The van der Waals surface area contributed by atoms with E-state index in [0.29, 0.717) is 0 Å². The van der Waals surface area contributed by atoms with Crippen LogP contribution in [0.2, 0.25) is 0 Å². The highest BCUT2D eigenvalue weighted by molar-refractivity contribution is 6.11. The number of nitrogens with one attached hydrogen (secondary N) is 1. The van der Waals surface area contributed by atoms with Crippen molar-refractivity contribution in [3.63, 3.8) is 0 Å². The second kappa shape index (κ2) is 7.14. The Hall–Kier alpha value is -2.38. The molecule has 0 aromatic carbocycles. The average molecular weight is 273 g/mol. The van der Waals surface area contributed by atoms with Crippen LogP contribution in [0.25, 0.3) is 0 Å². The van der Waals surface area contributed by atoms with Gasteiger partial charge in [-0.3, -0.25) is 10.1 Å². The molecule has 0 aromatic rings. The van der Waals surface area contributed by atoms with Crippen LogP contribution in [-0.2, 0) is 28.6 Å². The van der Waals surface area contributed by atoms with E-state index in [9.17, 15) is 19.2 Å². The summed E-state index contributed by atoms with van der Waals surface area (Å²) < 4.78 is 13.2. The molecule has 0 radical (unpaired) electrons. The van der Waals surface area contributed by atoms with Crippen molar-refractivity contribution in [1.29, 1.82) is 0 Å². The minimum atomic E-state index is -2.30. The van der Waals surface area contributed by atoms with Crippen molar-refractivity contribution in [2.75, 3.05) is 21.3 Å². The monoisotopic (exact) mass is 273 g/mol. The van der Waals surface area contributed by atoms with E-state index in [1.807, 2.05) is 5.32 Å². The third-order valence-electron chi connectivity index (χ3n) is 2.24. The lowest BCUT2D eigenvalue weighted by Crippen LogP contribution is -2.62. The highest BCUT2D eigenvalue weighted by Crippen LogP contribution is 2.17. The van der Waals surface area contributed by atoms with Gasteiger partial charge >= 0.3 is 18.0 Å². The maximum Gasteiger partial charge on any atom is 0.408 e. The first kappa shape index (κ1) is 16.6. The van der Waals surface area contributed by atoms with E-state index in [1.165, 1.54) is 0 Å². The molecule has 0 aliphatic heterocycles. The summed E-state index contributed by atoms with van der Waals surface area (Å²) in [6, 6.07) is 0. The van der Waals surface area contributed by atoms with Crippen LogP contribution in [0.4, 0.5) is 4.79 Å². The Balaban J connectivity index is 5.63. The zero-order valence-corrected chi connectivity index (χ0v) is 10.8. The van der Waals surface area contributed by atoms with Crippen LogP contribution in [0.5, 0.6) is 0 Å². The highest BCUT2D eigenvalue weighted by Gasteiger charge is 2.51. The van der Waals surface area contributed by atoms with Gasteiger partial charge < -0.3 is 14.2 Å². The minimum absolute atomic E-state index is 0.660. The lowest BCUT2D eigenvalue weighted by atomic mass is 9.92. The van der Waals surface area contributed by atoms with Crippen LogP contribution in [0, 0.1) is 0 Å². The Morgan fingerprint density at radius 3 is 1.84 bits per heavy atom. The van der Waals surface area contributed by atoms with E-state index < -0.39 is 35.8 Å². The first-order valence-electron chi connectivity index (χ1n) is 5.06. The molecule has 0 saturated carbocycles. The van der Waals surface area contributed by atoms with Crippen LogP contribution in [0.1, 0.15) is 6.42 Å². The molecule has 0 aliphatic carbocycles. The molecule has 0 heterocycles. The maximum atomic E-state index is 11.8. The molecule has 1 N–H and O–H groups in total. The van der Waals surface area contributed by atoms with Crippen molar-refractivity contribution in [3.05, 3.63) is 12.7 Å². The number of esters is 2. The Morgan fingerprint density at radius 1 is 1.05 bits per heavy atom. The van der Waals surface area contributed by atoms with Crippen molar-refractivity contribution >= 4 is 23.8 Å². The molecule has 1 amide bonds. The van der Waals surface area contributed by atoms with Gasteiger partial charge in [0.15, 0.2) is 5.78 Å². The second-order valence-electron chi connectivity index (χ2n) is 3.35. The van der Waals surface area contributed by atoms with Gasteiger partial charge in [0, 0.05) is 0 Å². The highest BCUT2D eigenvalue weighted by atomic mass is 16.6. The zero-order valence-electron chi connectivity index (χ0n) is 10.8. The smallest absolute Gasteiger partial charge is 0.408 e. The lowest BCUT2D eigenvalue weighted by Gasteiger charge is -2.27. The van der Waals surface area contributed by atoms with Gasteiger partial charge in [-0.1, -0.05) is 6.58 Å². The maximum absolute atomic E-state index is 11.8. The molecule has 0 spiro atoms. The molecule has 0 saturated heterocycles. The molecule has 0 unspecified atom stereocenters. The molecule has 8 heteroatoms. The summed E-state index contributed by atoms with van der Waals surface area (Å²) >= 11 is 0. The van der Waals surface area contributed by atoms with Gasteiger partial charge in [-0.15, -0.1) is 0 Å². The van der Waals surface area contributed by atoms with E-state index in [2.05, 4.69) is 20.8 Å². The second-order valence-corrected chi connectivity index (χ2v) is 3.35. The first-order chi connectivity index (χ1) is 8.87. The van der Waals surface area contributed by atoms with E-state index >= 15 is 0 Å². The normalized spacial score (nSPS) is 10.1. The van der Waals surface area contributed by atoms with Gasteiger partial charge in [0.05, 0.1) is 27.8 Å². The molecular weight excluding hydrogens is 258 g/mol. The standard InChI is InChI=1S/C11H15NO7/c1-5-7(13)6-11(8(14)17-2,9(15)18-3)12-10(16)19-4/h5H,1,6H2,2-4H3,(H,12,16). The number of alkyl carbamates (subject to hydrolysis) is 1. The number of ketones is 1. The van der Waals surface area contributed by atoms with Crippen molar-refractivity contribution < 1.29 is 33.4 Å². The summed E-state index contributed by atoms with van der Waals surface area (Å²) in [5, 5.41) is 1.97. The topological polar surface area (TPSA) is 108 Å². The molecule has 106 valence electrons. The quantitative estimate of drug-likeness (QED) is 0.303.